The fraction of sp³-hybridized carbons (Fsp3) is 0.600. The highest BCUT2D eigenvalue weighted by atomic mass is 32.2. The summed E-state index contributed by atoms with van der Waals surface area (Å²) in [4.78, 5) is 21.1. The van der Waals surface area contributed by atoms with Crippen LogP contribution in [0.15, 0.2) is 0 Å². The van der Waals surface area contributed by atoms with Gasteiger partial charge < -0.3 is 4.74 Å². The van der Waals surface area contributed by atoms with Crippen molar-refractivity contribution in [3.8, 4) is 0 Å². The predicted octanol–water partition coefficient (Wildman–Crippen LogP) is -0.894. The molecule has 0 radical (unpaired) electrons. The van der Waals surface area contributed by atoms with Crippen LogP contribution in [0, 0.1) is 0 Å². The number of carbonyl (C=O) groups excluding carboxylic acids is 2. The van der Waals surface area contributed by atoms with Gasteiger partial charge in [0.05, 0.1) is 0 Å². The van der Waals surface area contributed by atoms with E-state index >= 15 is 0 Å². The Balaban J connectivity index is 2.83. The number of rotatable bonds is 1. The molecule has 1 fully saturated rings. The summed E-state index contributed by atoms with van der Waals surface area (Å²) in [6, 6.07) is 0. The van der Waals surface area contributed by atoms with Crippen molar-refractivity contribution in [2.45, 2.75) is 18.1 Å². The van der Waals surface area contributed by atoms with Crippen LogP contribution in [0.4, 0.5) is 0 Å². The number of carbonyl (C=O) groups is 2. The van der Waals surface area contributed by atoms with E-state index in [0.29, 0.717) is 0 Å². The van der Waals surface area contributed by atoms with E-state index in [1.165, 1.54) is 0 Å². The van der Waals surface area contributed by atoms with E-state index in [2.05, 4.69) is 4.74 Å². The van der Waals surface area contributed by atoms with Gasteiger partial charge in [-0.2, -0.15) is 8.42 Å². The lowest BCUT2D eigenvalue weighted by Gasteiger charge is -2.15. The number of hydrogen-bond acceptors (Lipinski definition) is 5. The fourth-order valence-electron chi connectivity index (χ4n) is 0.866. The molecule has 1 N–H and O–H groups in total. The first-order chi connectivity index (χ1) is 5.41. The third kappa shape index (κ3) is 1.80. The predicted molar refractivity (Wildman–Crippen MR) is 35.7 cm³/mol. The van der Waals surface area contributed by atoms with E-state index in [-0.39, 0.29) is 12.8 Å². The van der Waals surface area contributed by atoms with Crippen molar-refractivity contribution in [2.24, 2.45) is 0 Å². The van der Waals surface area contributed by atoms with Gasteiger partial charge in [-0.3, -0.25) is 14.1 Å². The van der Waals surface area contributed by atoms with Crippen LogP contribution in [0.3, 0.4) is 0 Å². The summed E-state index contributed by atoms with van der Waals surface area (Å²) in [5.74, 6) is -1.96. The molecule has 0 aromatic heterocycles. The van der Waals surface area contributed by atoms with Gasteiger partial charge in [0, 0.05) is 6.42 Å². The first-order valence-corrected chi connectivity index (χ1v) is 4.62. The normalized spacial score (nSPS) is 25.2. The van der Waals surface area contributed by atoms with E-state index < -0.39 is 27.3 Å². The molecule has 68 valence electrons. The standard InChI is InChI=1S/C5H6O6S/c6-4-2-1-3(5(7)11-4)12(8,9)10/h3H,1-2H2,(H,8,9,10). The summed E-state index contributed by atoms with van der Waals surface area (Å²) in [7, 11) is -4.43. The molecular formula is C5H6O6S. The Kier molecular flexibility index (Phi) is 2.16. The van der Waals surface area contributed by atoms with Gasteiger partial charge in [-0.1, -0.05) is 0 Å². The second-order valence-electron chi connectivity index (χ2n) is 2.34. The summed E-state index contributed by atoms with van der Waals surface area (Å²) in [6.07, 6.45) is -0.382. The average Bonchev–Trinajstić information content (AvgIpc) is 1.83. The van der Waals surface area contributed by atoms with Crippen LogP contribution in [0.5, 0.6) is 0 Å². The van der Waals surface area contributed by atoms with Gasteiger partial charge in [0.15, 0.2) is 5.25 Å². The van der Waals surface area contributed by atoms with Gasteiger partial charge in [-0.15, -0.1) is 0 Å². The monoisotopic (exact) mass is 194 g/mol. The quantitative estimate of drug-likeness (QED) is 0.330. The molecule has 12 heavy (non-hydrogen) atoms. The molecule has 1 atom stereocenters. The second kappa shape index (κ2) is 2.83. The van der Waals surface area contributed by atoms with Crippen molar-refractivity contribution in [3.05, 3.63) is 0 Å². The lowest BCUT2D eigenvalue weighted by molar-refractivity contribution is -0.162. The Morgan fingerprint density at radius 2 is 2.00 bits per heavy atom. The summed E-state index contributed by atoms with van der Waals surface area (Å²) in [5.41, 5.74) is 0. The molecule has 0 saturated carbocycles. The zero-order valence-corrected chi connectivity index (χ0v) is 6.70. The summed E-state index contributed by atoms with van der Waals surface area (Å²) < 4.78 is 33.4. The second-order valence-corrected chi connectivity index (χ2v) is 3.93. The van der Waals surface area contributed by atoms with Gasteiger partial charge in [-0.05, 0) is 6.42 Å². The zero-order chi connectivity index (χ0) is 9.35. The van der Waals surface area contributed by atoms with Crippen LogP contribution in [0.2, 0.25) is 0 Å². The van der Waals surface area contributed by atoms with Crippen molar-refractivity contribution in [1.82, 2.24) is 0 Å². The van der Waals surface area contributed by atoms with Crippen molar-refractivity contribution in [2.75, 3.05) is 0 Å². The zero-order valence-electron chi connectivity index (χ0n) is 5.89. The van der Waals surface area contributed by atoms with Crippen LogP contribution in [0.1, 0.15) is 12.8 Å². The smallest absolute Gasteiger partial charge is 0.334 e. The minimum Gasteiger partial charge on any atom is -0.392 e. The van der Waals surface area contributed by atoms with Crippen LogP contribution >= 0.6 is 0 Å². The van der Waals surface area contributed by atoms with Crippen LogP contribution < -0.4 is 0 Å². The minimum atomic E-state index is -4.43. The van der Waals surface area contributed by atoms with Gasteiger partial charge in [0.25, 0.3) is 10.1 Å². The minimum absolute atomic E-state index is 0.170. The van der Waals surface area contributed by atoms with Crippen molar-refractivity contribution in [3.63, 3.8) is 0 Å². The van der Waals surface area contributed by atoms with Crippen molar-refractivity contribution in [1.29, 1.82) is 0 Å². The lowest BCUT2D eigenvalue weighted by atomic mass is 10.2. The van der Waals surface area contributed by atoms with E-state index in [9.17, 15) is 18.0 Å². The Hall–Kier alpha value is -0.950. The molecule has 1 heterocycles. The number of esters is 2. The highest BCUT2D eigenvalue weighted by Crippen LogP contribution is 2.15. The number of hydrogen-bond donors (Lipinski definition) is 1. The molecule has 6 nitrogen and oxygen atoms in total. The van der Waals surface area contributed by atoms with Crippen LogP contribution in [0.25, 0.3) is 0 Å². The van der Waals surface area contributed by atoms with E-state index in [1.807, 2.05) is 0 Å². The molecule has 0 amide bonds. The molecular weight excluding hydrogens is 188 g/mol. The van der Waals surface area contributed by atoms with Gasteiger partial charge in [0.1, 0.15) is 0 Å². The molecule has 1 unspecified atom stereocenters. The molecule has 1 saturated heterocycles. The molecule has 0 aromatic carbocycles. The Bertz CT molecular complexity index is 315. The van der Waals surface area contributed by atoms with E-state index in [1.54, 1.807) is 0 Å². The molecule has 1 rings (SSSR count). The van der Waals surface area contributed by atoms with E-state index in [0.717, 1.165) is 0 Å². The summed E-state index contributed by atoms with van der Waals surface area (Å²) >= 11 is 0. The topological polar surface area (TPSA) is 97.7 Å². The highest BCUT2D eigenvalue weighted by molar-refractivity contribution is 7.87. The average molecular weight is 194 g/mol. The maximum Gasteiger partial charge on any atom is 0.334 e. The molecule has 0 spiro atoms. The molecule has 1 aliphatic heterocycles. The summed E-state index contributed by atoms with van der Waals surface area (Å²) in [5, 5.41) is -1.60. The molecule has 1 aliphatic rings. The Labute approximate surface area is 68.3 Å². The molecule has 0 aromatic rings. The SMILES string of the molecule is O=C1CCC(S(=O)(=O)O)C(=O)O1. The first-order valence-electron chi connectivity index (χ1n) is 3.12. The van der Waals surface area contributed by atoms with Gasteiger partial charge >= 0.3 is 11.9 Å². The Morgan fingerprint density at radius 1 is 1.42 bits per heavy atom. The largest absolute Gasteiger partial charge is 0.392 e. The van der Waals surface area contributed by atoms with Crippen LogP contribution in [-0.4, -0.2) is 30.2 Å². The Morgan fingerprint density at radius 3 is 2.42 bits per heavy atom. The van der Waals surface area contributed by atoms with Gasteiger partial charge in [0.2, 0.25) is 0 Å². The summed E-state index contributed by atoms with van der Waals surface area (Å²) in [6.45, 7) is 0. The number of cyclic esters (lactones) is 2. The highest BCUT2D eigenvalue weighted by Gasteiger charge is 2.38. The molecule has 0 bridgehead atoms. The fourth-order valence-corrected chi connectivity index (χ4v) is 1.57. The third-order valence-corrected chi connectivity index (χ3v) is 2.59. The van der Waals surface area contributed by atoms with Crippen LogP contribution in [-0.2, 0) is 24.4 Å². The van der Waals surface area contributed by atoms with Crippen molar-refractivity contribution >= 4 is 22.1 Å². The maximum absolute atomic E-state index is 10.7. The molecule has 0 aliphatic carbocycles. The maximum atomic E-state index is 10.7. The third-order valence-electron chi connectivity index (χ3n) is 1.45. The van der Waals surface area contributed by atoms with E-state index in [4.69, 9.17) is 4.55 Å². The van der Waals surface area contributed by atoms with Crippen molar-refractivity contribution < 1.29 is 27.3 Å². The lowest BCUT2D eigenvalue weighted by Crippen LogP contribution is -2.37. The molecule has 7 heteroatoms. The first kappa shape index (κ1) is 9.14. The van der Waals surface area contributed by atoms with Gasteiger partial charge in [-0.25, -0.2) is 0 Å². The number of ether oxygens (including phenoxy) is 1.